The van der Waals surface area contributed by atoms with Crippen LogP contribution < -0.4 is 5.32 Å². The zero-order chi connectivity index (χ0) is 14.7. The molecule has 2 aliphatic carbocycles. The van der Waals surface area contributed by atoms with Crippen molar-refractivity contribution in [2.75, 3.05) is 18.5 Å². The lowest BCUT2D eigenvalue weighted by molar-refractivity contribution is -0.0767. The van der Waals surface area contributed by atoms with E-state index < -0.39 is 0 Å². The fourth-order valence-electron chi connectivity index (χ4n) is 3.36. The van der Waals surface area contributed by atoms with E-state index in [-0.39, 0.29) is 5.60 Å². The van der Waals surface area contributed by atoms with E-state index in [2.05, 4.69) is 25.2 Å². The minimum Gasteiger partial charge on any atom is -0.370 e. The van der Waals surface area contributed by atoms with Gasteiger partial charge in [-0.05, 0) is 39.5 Å². The van der Waals surface area contributed by atoms with Gasteiger partial charge in [0.25, 0.3) is 0 Å². The summed E-state index contributed by atoms with van der Waals surface area (Å²) in [6.07, 6.45) is 8.38. The van der Waals surface area contributed by atoms with Gasteiger partial charge in [-0.3, -0.25) is 0 Å². The van der Waals surface area contributed by atoms with Crippen LogP contribution in [0, 0.1) is 0 Å². The summed E-state index contributed by atoms with van der Waals surface area (Å²) < 4.78 is 6.19. The minimum atomic E-state index is -0.248. The van der Waals surface area contributed by atoms with Crippen LogP contribution in [0.15, 0.2) is 6.07 Å². The molecule has 0 amide bonds. The highest BCUT2D eigenvalue weighted by atomic mass is 16.5. The van der Waals surface area contributed by atoms with Crippen LogP contribution in [0.3, 0.4) is 0 Å². The van der Waals surface area contributed by atoms with Gasteiger partial charge in [-0.1, -0.05) is 19.3 Å². The maximum Gasteiger partial charge on any atom is 0.162 e. The van der Waals surface area contributed by atoms with Gasteiger partial charge in [0, 0.05) is 30.8 Å². The highest BCUT2D eigenvalue weighted by molar-refractivity contribution is 5.39. The Morgan fingerprint density at radius 2 is 1.95 bits per heavy atom. The zero-order valence-electron chi connectivity index (χ0n) is 13.3. The predicted octanol–water partition coefficient (Wildman–Crippen LogP) is 3.98. The molecule has 4 nitrogen and oxygen atoms in total. The maximum atomic E-state index is 6.19. The Kier molecular flexibility index (Phi) is 4.43. The molecule has 0 radical (unpaired) electrons. The first-order valence-corrected chi connectivity index (χ1v) is 8.54. The van der Waals surface area contributed by atoms with E-state index in [1.165, 1.54) is 37.8 Å². The molecule has 1 aromatic heterocycles. The molecule has 0 bridgehead atoms. The van der Waals surface area contributed by atoms with Crippen LogP contribution in [0.1, 0.15) is 76.2 Å². The average Bonchev–Trinajstić information content (AvgIpc) is 3.33. The lowest BCUT2D eigenvalue weighted by atomic mass is 9.83. The molecular formula is C17H27N3O. The third kappa shape index (κ3) is 3.20. The molecule has 2 aliphatic rings. The van der Waals surface area contributed by atoms with Crippen LogP contribution >= 0.6 is 0 Å². The molecule has 4 heteroatoms. The first-order valence-electron chi connectivity index (χ1n) is 8.54. The van der Waals surface area contributed by atoms with Crippen molar-refractivity contribution in [3.63, 3.8) is 0 Å². The molecule has 0 unspecified atom stereocenters. The number of aromatic nitrogens is 2. The molecular weight excluding hydrogens is 262 g/mol. The van der Waals surface area contributed by atoms with Crippen LogP contribution in [-0.4, -0.2) is 23.1 Å². The third-order valence-electron chi connectivity index (χ3n) is 4.59. The average molecular weight is 289 g/mol. The summed E-state index contributed by atoms with van der Waals surface area (Å²) in [6, 6.07) is 2.13. The first kappa shape index (κ1) is 14.8. The molecule has 1 heterocycles. The summed E-state index contributed by atoms with van der Waals surface area (Å²) >= 11 is 0. The third-order valence-corrected chi connectivity index (χ3v) is 4.59. The van der Waals surface area contributed by atoms with Gasteiger partial charge in [-0.15, -0.1) is 0 Å². The van der Waals surface area contributed by atoms with E-state index in [4.69, 9.17) is 14.7 Å². The van der Waals surface area contributed by atoms with Crippen molar-refractivity contribution in [3.05, 3.63) is 17.6 Å². The SMILES string of the molecule is CCNc1cc(C2CC2)nc(C2(OCC)CCCCC2)n1. The van der Waals surface area contributed by atoms with Gasteiger partial charge in [-0.2, -0.15) is 0 Å². The molecule has 116 valence electrons. The van der Waals surface area contributed by atoms with E-state index in [1.807, 2.05) is 0 Å². The topological polar surface area (TPSA) is 47.0 Å². The number of nitrogens with one attached hydrogen (secondary N) is 1. The van der Waals surface area contributed by atoms with Crippen LogP contribution in [0.5, 0.6) is 0 Å². The summed E-state index contributed by atoms with van der Waals surface area (Å²) in [6.45, 7) is 5.81. The maximum absolute atomic E-state index is 6.19. The van der Waals surface area contributed by atoms with Gasteiger partial charge in [0.15, 0.2) is 5.82 Å². The Labute approximate surface area is 127 Å². The Morgan fingerprint density at radius 3 is 2.57 bits per heavy atom. The highest BCUT2D eigenvalue weighted by Gasteiger charge is 2.39. The number of anilines is 1. The van der Waals surface area contributed by atoms with Crippen molar-refractivity contribution in [2.45, 2.75) is 70.3 Å². The van der Waals surface area contributed by atoms with Crippen LogP contribution in [-0.2, 0) is 10.3 Å². The van der Waals surface area contributed by atoms with Gasteiger partial charge < -0.3 is 10.1 Å². The fraction of sp³-hybridized carbons (Fsp3) is 0.765. The molecule has 0 spiro atoms. The molecule has 1 N–H and O–H groups in total. The Hall–Kier alpha value is -1.16. The summed E-state index contributed by atoms with van der Waals surface area (Å²) in [5, 5.41) is 3.36. The fourth-order valence-corrected chi connectivity index (χ4v) is 3.36. The van der Waals surface area contributed by atoms with Gasteiger partial charge in [0.05, 0.1) is 0 Å². The van der Waals surface area contributed by atoms with Gasteiger partial charge in [0.1, 0.15) is 11.4 Å². The smallest absolute Gasteiger partial charge is 0.162 e. The van der Waals surface area contributed by atoms with E-state index in [0.29, 0.717) is 5.92 Å². The lowest BCUT2D eigenvalue weighted by Gasteiger charge is -2.36. The van der Waals surface area contributed by atoms with Crippen molar-refractivity contribution < 1.29 is 4.74 Å². The van der Waals surface area contributed by atoms with Crippen molar-refractivity contribution >= 4 is 5.82 Å². The molecule has 2 saturated carbocycles. The number of hydrogen-bond donors (Lipinski definition) is 1. The first-order chi connectivity index (χ1) is 10.3. The molecule has 1 aromatic rings. The second-order valence-electron chi connectivity index (χ2n) is 6.29. The molecule has 0 aliphatic heterocycles. The van der Waals surface area contributed by atoms with Crippen LogP contribution in [0.4, 0.5) is 5.82 Å². The van der Waals surface area contributed by atoms with Crippen molar-refractivity contribution in [1.29, 1.82) is 0 Å². The Bertz CT molecular complexity index is 473. The zero-order valence-corrected chi connectivity index (χ0v) is 13.3. The molecule has 0 saturated heterocycles. The van der Waals surface area contributed by atoms with Gasteiger partial charge >= 0.3 is 0 Å². The lowest BCUT2D eigenvalue weighted by Crippen LogP contribution is -2.35. The summed E-state index contributed by atoms with van der Waals surface area (Å²) in [4.78, 5) is 9.72. The van der Waals surface area contributed by atoms with E-state index in [9.17, 15) is 0 Å². The largest absolute Gasteiger partial charge is 0.370 e. The van der Waals surface area contributed by atoms with E-state index >= 15 is 0 Å². The quantitative estimate of drug-likeness (QED) is 0.860. The second kappa shape index (κ2) is 6.30. The van der Waals surface area contributed by atoms with Crippen LogP contribution in [0.25, 0.3) is 0 Å². The van der Waals surface area contributed by atoms with Crippen molar-refractivity contribution in [1.82, 2.24) is 9.97 Å². The number of ether oxygens (including phenoxy) is 1. The Balaban J connectivity index is 1.96. The minimum absolute atomic E-state index is 0.248. The monoisotopic (exact) mass is 289 g/mol. The molecule has 0 aromatic carbocycles. The normalized spacial score (nSPS) is 21.2. The number of rotatable bonds is 6. The molecule has 3 rings (SSSR count). The van der Waals surface area contributed by atoms with E-state index in [1.54, 1.807) is 0 Å². The highest BCUT2D eigenvalue weighted by Crippen LogP contribution is 2.43. The standard InChI is InChI=1S/C17H27N3O/c1-3-18-15-12-14(13-8-9-13)19-16(20-15)17(21-4-2)10-6-5-7-11-17/h12-13H,3-11H2,1-2H3,(H,18,19,20). The number of hydrogen-bond acceptors (Lipinski definition) is 4. The predicted molar refractivity (Wildman–Crippen MR) is 84.6 cm³/mol. The van der Waals surface area contributed by atoms with E-state index in [0.717, 1.165) is 37.6 Å². The molecule has 0 atom stereocenters. The van der Waals surface area contributed by atoms with Gasteiger partial charge in [0.2, 0.25) is 0 Å². The van der Waals surface area contributed by atoms with Crippen molar-refractivity contribution in [2.24, 2.45) is 0 Å². The Morgan fingerprint density at radius 1 is 1.19 bits per heavy atom. The molecule has 21 heavy (non-hydrogen) atoms. The van der Waals surface area contributed by atoms with Gasteiger partial charge in [-0.25, -0.2) is 9.97 Å². The molecule has 2 fully saturated rings. The number of nitrogens with zero attached hydrogens (tertiary/aromatic N) is 2. The van der Waals surface area contributed by atoms with Crippen molar-refractivity contribution in [3.8, 4) is 0 Å². The summed E-state index contributed by atoms with van der Waals surface area (Å²) in [5.74, 6) is 2.53. The second-order valence-corrected chi connectivity index (χ2v) is 6.29. The van der Waals surface area contributed by atoms with Crippen LogP contribution in [0.2, 0.25) is 0 Å². The summed E-state index contributed by atoms with van der Waals surface area (Å²) in [5.41, 5.74) is 0.961. The summed E-state index contributed by atoms with van der Waals surface area (Å²) in [7, 11) is 0.